The highest BCUT2D eigenvalue weighted by Crippen LogP contribution is 2.13. The van der Waals surface area contributed by atoms with E-state index in [-0.39, 0.29) is 30.8 Å². The van der Waals surface area contributed by atoms with Gasteiger partial charge >= 0.3 is 11.9 Å². The molecule has 0 aromatic heterocycles. The number of benzene rings is 2. The monoisotopic (exact) mass is 530 g/mol. The lowest BCUT2D eigenvalue weighted by Crippen LogP contribution is -2.54. The third-order valence-corrected chi connectivity index (χ3v) is 5.44. The number of nitrogens with one attached hydrogen (secondary N) is 3. The van der Waals surface area contributed by atoms with Crippen molar-refractivity contribution in [2.75, 3.05) is 6.54 Å². The molecule has 0 fully saturated rings. The summed E-state index contributed by atoms with van der Waals surface area (Å²) >= 11 is 0. The summed E-state index contributed by atoms with van der Waals surface area (Å²) in [6, 6.07) is 8.32. The quantitative estimate of drug-likeness (QED) is 0.152. The van der Waals surface area contributed by atoms with Gasteiger partial charge in [0.15, 0.2) is 0 Å². The molecule has 3 amide bonds. The lowest BCUT2D eigenvalue weighted by molar-refractivity contribution is -0.143. The Balaban J connectivity index is 2.04. The van der Waals surface area contributed by atoms with E-state index in [0.717, 1.165) is 0 Å². The number of carbonyl (C=O) groups is 5. The molecular weight excluding hydrogens is 500 g/mol. The second-order valence-corrected chi connectivity index (χ2v) is 8.52. The van der Waals surface area contributed by atoms with Gasteiger partial charge in [0.2, 0.25) is 17.7 Å². The molecule has 9 N–H and O–H groups in total. The van der Waals surface area contributed by atoms with Crippen molar-refractivity contribution in [2.45, 2.75) is 43.8 Å². The number of carbonyl (C=O) groups excluding carboxylic acids is 3. The molecule has 0 saturated carbocycles. The Bertz CT molecular complexity index is 1140. The van der Waals surface area contributed by atoms with Crippen LogP contribution in [0.3, 0.4) is 0 Å². The van der Waals surface area contributed by atoms with Crippen molar-refractivity contribution in [1.29, 1.82) is 0 Å². The first kappa shape index (κ1) is 29.6. The van der Waals surface area contributed by atoms with Gasteiger partial charge in [-0.3, -0.25) is 19.2 Å². The number of amides is 3. The Morgan fingerprint density at radius 3 is 1.76 bits per heavy atom. The molecule has 204 valence electrons. The van der Waals surface area contributed by atoms with Gasteiger partial charge in [-0.05, 0) is 48.2 Å². The highest BCUT2D eigenvalue weighted by atomic mass is 16.4. The van der Waals surface area contributed by atoms with Gasteiger partial charge in [0.1, 0.15) is 23.6 Å². The van der Waals surface area contributed by atoms with Gasteiger partial charge in [-0.25, -0.2) is 4.79 Å². The first-order chi connectivity index (χ1) is 17.9. The van der Waals surface area contributed by atoms with Crippen molar-refractivity contribution in [3.8, 4) is 11.5 Å². The number of phenolic OH excluding ortho intramolecular Hbond substituents is 2. The highest BCUT2D eigenvalue weighted by Gasteiger charge is 2.26. The minimum atomic E-state index is -1.46. The number of carboxylic acid groups (broad SMARTS) is 2. The summed E-state index contributed by atoms with van der Waals surface area (Å²) < 4.78 is 0. The van der Waals surface area contributed by atoms with Gasteiger partial charge in [-0.2, -0.15) is 0 Å². The fourth-order valence-electron chi connectivity index (χ4n) is 3.40. The Hall–Kier alpha value is -4.65. The molecule has 0 aliphatic carbocycles. The minimum Gasteiger partial charge on any atom is -0.508 e. The van der Waals surface area contributed by atoms with Crippen molar-refractivity contribution in [3.05, 3.63) is 59.7 Å². The van der Waals surface area contributed by atoms with Gasteiger partial charge in [-0.1, -0.05) is 24.3 Å². The predicted molar refractivity (Wildman–Crippen MR) is 133 cm³/mol. The van der Waals surface area contributed by atoms with Crippen LogP contribution in [-0.2, 0) is 36.8 Å². The number of aromatic hydroxyl groups is 2. The maximum absolute atomic E-state index is 12.9. The molecule has 0 saturated heterocycles. The van der Waals surface area contributed by atoms with Crippen molar-refractivity contribution in [3.63, 3.8) is 0 Å². The summed E-state index contributed by atoms with van der Waals surface area (Å²) in [6.07, 6.45) is -0.714. The van der Waals surface area contributed by atoms with Crippen LogP contribution in [0.4, 0.5) is 0 Å². The van der Waals surface area contributed by atoms with E-state index in [0.29, 0.717) is 11.1 Å². The molecule has 0 radical (unpaired) electrons. The summed E-state index contributed by atoms with van der Waals surface area (Å²) in [5, 5.41) is 43.8. The summed E-state index contributed by atoms with van der Waals surface area (Å²) in [6.45, 7) is -0.628. The molecule has 2 aromatic rings. The van der Waals surface area contributed by atoms with E-state index in [1.54, 1.807) is 24.3 Å². The highest BCUT2D eigenvalue weighted by molar-refractivity contribution is 5.93. The Labute approximate surface area is 217 Å². The Morgan fingerprint density at radius 1 is 0.737 bits per heavy atom. The molecular formula is C25H30N4O9. The third kappa shape index (κ3) is 10.1. The van der Waals surface area contributed by atoms with E-state index >= 15 is 0 Å². The van der Waals surface area contributed by atoms with E-state index in [9.17, 15) is 39.3 Å². The molecule has 2 rings (SSSR count). The summed E-state index contributed by atoms with van der Waals surface area (Å²) in [5.74, 6) is -4.87. The number of carboxylic acids is 2. The van der Waals surface area contributed by atoms with Crippen molar-refractivity contribution < 1.29 is 44.4 Å². The van der Waals surface area contributed by atoms with Crippen LogP contribution in [0.25, 0.3) is 0 Å². The molecule has 0 bridgehead atoms. The van der Waals surface area contributed by atoms with Crippen molar-refractivity contribution in [1.82, 2.24) is 16.0 Å². The molecule has 3 unspecified atom stereocenters. The maximum Gasteiger partial charge on any atom is 0.326 e. The van der Waals surface area contributed by atoms with Gasteiger partial charge in [0.05, 0.1) is 12.6 Å². The van der Waals surface area contributed by atoms with E-state index < -0.39 is 60.8 Å². The second-order valence-electron chi connectivity index (χ2n) is 8.52. The van der Waals surface area contributed by atoms with Crippen LogP contribution < -0.4 is 21.7 Å². The molecule has 3 atom stereocenters. The zero-order valence-corrected chi connectivity index (χ0v) is 20.3. The van der Waals surface area contributed by atoms with Crippen molar-refractivity contribution >= 4 is 29.7 Å². The normalized spacial score (nSPS) is 13.0. The summed E-state index contributed by atoms with van der Waals surface area (Å²) in [5.41, 5.74) is 7.26. The van der Waals surface area contributed by atoms with Crippen LogP contribution in [0, 0.1) is 0 Å². The SMILES string of the molecule is NC(Cc1ccc(O)cc1)C(=O)NC(Cc1ccc(O)cc1)C(=O)NCC(=O)NC(CCC(=O)O)C(=O)O. The summed E-state index contributed by atoms with van der Waals surface area (Å²) in [4.78, 5) is 59.8. The van der Waals surface area contributed by atoms with E-state index in [2.05, 4.69) is 16.0 Å². The van der Waals surface area contributed by atoms with E-state index in [1.165, 1.54) is 24.3 Å². The molecule has 13 heteroatoms. The number of nitrogens with two attached hydrogens (primary N) is 1. The zero-order chi connectivity index (χ0) is 28.2. The largest absolute Gasteiger partial charge is 0.508 e. The fraction of sp³-hybridized carbons (Fsp3) is 0.320. The van der Waals surface area contributed by atoms with Crippen LogP contribution in [0.15, 0.2) is 48.5 Å². The smallest absolute Gasteiger partial charge is 0.326 e. The van der Waals surface area contributed by atoms with Crippen LogP contribution >= 0.6 is 0 Å². The maximum atomic E-state index is 12.9. The van der Waals surface area contributed by atoms with Crippen LogP contribution in [0.1, 0.15) is 24.0 Å². The Kier molecular flexibility index (Phi) is 11.0. The number of rotatable bonds is 14. The third-order valence-electron chi connectivity index (χ3n) is 5.44. The van der Waals surface area contributed by atoms with Gasteiger partial charge in [-0.15, -0.1) is 0 Å². The lowest BCUT2D eigenvalue weighted by atomic mass is 10.0. The number of hydrogen-bond acceptors (Lipinski definition) is 8. The standard InChI is InChI=1S/C25H30N4O9/c26-18(11-14-1-5-16(30)6-2-14)23(35)29-20(12-15-3-7-17(31)8-4-15)24(36)27-13-21(32)28-19(25(37)38)9-10-22(33)34/h1-8,18-20,30-31H,9-13,26H2,(H,27,36)(H,28,32)(H,29,35)(H,33,34)(H,37,38). The lowest BCUT2D eigenvalue weighted by Gasteiger charge is -2.21. The van der Waals surface area contributed by atoms with Gasteiger partial charge in [0, 0.05) is 12.8 Å². The number of phenols is 2. The molecule has 13 nitrogen and oxygen atoms in total. The first-order valence-electron chi connectivity index (χ1n) is 11.6. The average Bonchev–Trinajstić information content (AvgIpc) is 2.86. The average molecular weight is 531 g/mol. The molecule has 38 heavy (non-hydrogen) atoms. The van der Waals surface area contributed by atoms with Gasteiger partial charge in [0.25, 0.3) is 0 Å². The fourth-order valence-corrected chi connectivity index (χ4v) is 3.40. The first-order valence-corrected chi connectivity index (χ1v) is 11.6. The molecule has 0 spiro atoms. The molecule has 0 aliphatic rings. The Morgan fingerprint density at radius 2 is 1.26 bits per heavy atom. The van der Waals surface area contributed by atoms with Crippen LogP contribution in [0.2, 0.25) is 0 Å². The molecule has 2 aromatic carbocycles. The second kappa shape index (κ2) is 14.2. The van der Waals surface area contributed by atoms with Crippen LogP contribution in [-0.4, -0.2) is 74.8 Å². The minimum absolute atomic E-state index is 0.00209. The van der Waals surface area contributed by atoms with Gasteiger partial charge < -0.3 is 42.1 Å². The van der Waals surface area contributed by atoms with Crippen LogP contribution in [0.5, 0.6) is 11.5 Å². The predicted octanol–water partition coefficient (Wildman–Crippen LogP) is -0.754. The number of hydrogen-bond donors (Lipinski definition) is 8. The number of aliphatic carboxylic acids is 2. The summed E-state index contributed by atoms with van der Waals surface area (Å²) in [7, 11) is 0. The van der Waals surface area contributed by atoms with Crippen molar-refractivity contribution in [2.24, 2.45) is 5.73 Å². The van der Waals surface area contributed by atoms with E-state index in [4.69, 9.17) is 10.8 Å². The molecule has 0 heterocycles. The zero-order valence-electron chi connectivity index (χ0n) is 20.3. The molecule has 0 aliphatic heterocycles. The van der Waals surface area contributed by atoms with E-state index in [1.807, 2.05) is 0 Å². The topological polar surface area (TPSA) is 228 Å².